The van der Waals surface area contributed by atoms with E-state index in [-0.39, 0.29) is 6.79 Å². The first-order valence-corrected chi connectivity index (χ1v) is 7.51. The van der Waals surface area contributed by atoms with Gasteiger partial charge in [-0.15, -0.1) is 0 Å². The summed E-state index contributed by atoms with van der Waals surface area (Å²) in [5, 5.41) is 2.72. The van der Waals surface area contributed by atoms with Crippen molar-refractivity contribution in [2.75, 3.05) is 12.1 Å². The van der Waals surface area contributed by atoms with Gasteiger partial charge in [-0.3, -0.25) is 4.79 Å². The van der Waals surface area contributed by atoms with Crippen LogP contribution in [0.4, 0.5) is 5.69 Å². The second kappa shape index (κ2) is 6.62. The van der Waals surface area contributed by atoms with Crippen molar-refractivity contribution in [3.63, 3.8) is 0 Å². The summed E-state index contributed by atoms with van der Waals surface area (Å²) >= 11 is 0. The second-order valence-electron chi connectivity index (χ2n) is 5.47. The van der Waals surface area contributed by atoms with E-state index < -0.39 is 18.0 Å². The summed E-state index contributed by atoms with van der Waals surface area (Å²) in [6.07, 6.45) is -0.927. The zero-order valence-electron chi connectivity index (χ0n) is 13.4. The highest BCUT2D eigenvalue weighted by Crippen LogP contribution is 2.32. The van der Waals surface area contributed by atoms with Gasteiger partial charge >= 0.3 is 5.97 Å². The highest BCUT2D eigenvalue weighted by atomic mass is 16.7. The Labute approximate surface area is 139 Å². The Morgan fingerprint density at radius 2 is 1.92 bits per heavy atom. The minimum Gasteiger partial charge on any atom is -0.454 e. The summed E-state index contributed by atoms with van der Waals surface area (Å²) in [6, 6.07) is 12.1. The van der Waals surface area contributed by atoms with Gasteiger partial charge < -0.3 is 19.5 Å². The van der Waals surface area contributed by atoms with Crippen LogP contribution in [0.2, 0.25) is 0 Å². The molecule has 1 heterocycles. The Morgan fingerprint density at radius 3 is 2.71 bits per heavy atom. The van der Waals surface area contributed by atoms with E-state index in [0.717, 1.165) is 5.56 Å². The molecule has 0 saturated heterocycles. The molecule has 0 fully saturated rings. The molecule has 0 radical (unpaired) electrons. The molecule has 0 unspecified atom stereocenters. The largest absolute Gasteiger partial charge is 0.454 e. The van der Waals surface area contributed by atoms with Crippen molar-refractivity contribution in [2.24, 2.45) is 0 Å². The normalized spacial score (nSPS) is 13.2. The van der Waals surface area contributed by atoms with E-state index in [2.05, 4.69) is 5.32 Å². The van der Waals surface area contributed by atoms with Crippen LogP contribution in [0.15, 0.2) is 42.5 Å². The molecule has 6 heteroatoms. The van der Waals surface area contributed by atoms with Crippen molar-refractivity contribution in [3.05, 3.63) is 53.6 Å². The molecule has 2 aromatic carbocycles. The third kappa shape index (κ3) is 3.48. The summed E-state index contributed by atoms with van der Waals surface area (Å²) in [5.41, 5.74) is 1.98. The average molecular weight is 327 g/mol. The molecular weight excluding hydrogens is 310 g/mol. The fraction of sp³-hybridized carbons (Fsp3) is 0.222. The minimum absolute atomic E-state index is 0.128. The molecule has 3 rings (SSSR count). The number of nitrogens with one attached hydrogen (secondary N) is 1. The van der Waals surface area contributed by atoms with E-state index >= 15 is 0 Å². The van der Waals surface area contributed by atoms with Crippen LogP contribution in [0.1, 0.15) is 22.8 Å². The summed E-state index contributed by atoms with van der Waals surface area (Å²) in [6.45, 7) is 3.58. The summed E-state index contributed by atoms with van der Waals surface area (Å²) < 4.78 is 15.6. The molecule has 1 aliphatic rings. The lowest BCUT2D eigenvalue weighted by molar-refractivity contribution is -0.123. The number of esters is 1. The highest BCUT2D eigenvalue weighted by molar-refractivity contribution is 5.97. The number of hydrogen-bond acceptors (Lipinski definition) is 5. The van der Waals surface area contributed by atoms with Crippen molar-refractivity contribution in [3.8, 4) is 11.5 Å². The monoisotopic (exact) mass is 327 g/mol. The maximum Gasteiger partial charge on any atom is 0.339 e. The molecule has 0 aliphatic carbocycles. The van der Waals surface area contributed by atoms with Gasteiger partial charge in [0.05, 0.1) is 5.56 Å². The molecule has 0 aromatic heterocycles. The van der Waals surface area contributed by atoms with Crippen LogP contribution in [-0.4, -0.2) is 24.8 Å². The van der Waals surface area contributed by atoms with Gasteiger partial charge in [-0.05, 0) is 49.7 Å². The predicted octanol–water partition coefficient (Wildman–Crippen LogP) is 2.91. The van der Waals surface area contributed by atoms with E-state index in [0.29, 0.717) is 22.7 Å². The van der Waals surface area contributed by atoms with E-state index in [9.17, 15) is 9.59 Å². The Morgan fingerprint density at radius 1 is 1.12 bits per heavy atom. The molecule has 6 nitrogen and oxygen atoms in total. The summed E-state index contributed by atoms with van der Waals surface area (Å²) in [5.74, 6) is 0.0768. The first kappa shape index (κ1) is 15.9. The lowest BCUT2D eigenvalue weighted by atomic mass is 10.2. The summed E-state index contributed by atoms with van der Waals surface area (Å²) in [7, 11) is 0. The standard InChI is InChI=1S/C18H17NO5/c1-11-4-3-5-14(8-11)19-17(20)12(2)24-18(21)13-6-7-15-16(9-13)23-10-22-15/h3-9,12H,10H2,1-2H3,(H,19,20)/t12-/m0/s1. The Hall–Kier alpha value is -3.02. The SMILES string of the molecule is Cc1cccc(NC(=O)[C@H](C)OC(=O)c2ccc3c(c2)OCO3)c1. The van der Waals surface area contributed by atoms with Crippen LogP contribution in [0.5, 0.6) is 11.5 Å². The number of rotatable bonds is 4. The van der Waals surface area contributed by atoms with Gasteiger partial charge in [0.15, 0.2) is 17.6 Å². The van der Waals surface area contributed by atoms with Gasteiger partial charge in [0.1, 0.15) is 0 Å². The number of anilines is 1. The minimum atomic E-state index is -0.927. The maximum absolute atomic E-state index is 12.2. The van der Waals surface area contributed by atoms with E-state index in [1.165, 1.54) is 13.0 Å². The molecule has 0 bridgehead atoms. The first-order valence-electron chi connectivity index (χ1n) is 7.51. The van der Waals surface area contributed by atoms with Crippen LogP contribution in [0, 0.1) is 6.92 Å². The van der Waals surface area contributed by atoms with Crippen molar-refractivity contribution >= 4 is 17.6 Å². The number of carbonyl (C=O) groups excluding carboxylic acids is 2. The lowest BCUT2D eigenvalue weighted by Gasteiger charge is -2.14. The van der Waals surface area contributed by atoms with Gasteiger partial charge in [-0.2, -0.15) is 0 Å². The molecule has 1 atom stereocenters. The molecule has 124 valence electrons. The van der Waals surface area contributed by atoms with Crippen molar-refractivity contribution < 1.29 is 23.8 Å². The van der Waals surface area contributed by atoms with Crippen molar-refractivity contribution in [1.82, 2.24) is 0 Å². The third-order valence-electron chi connectivity index (χ3n) is 3.55. The molecule has 0 saturated carbocycles. The number of aryl methyl sites for hydroxylation is 1. The Bertz CT molecular complexity index is 787. The predicted molar refractivity (Wildman–Crippen MR) is 87.3 cm³/mol. The molecule has 1 aliphatic heterocycles. The molecular formula is C18H17NO5. The van der Waals surface area contributed by atoms with Gasteiger partial charge in [0.25, 0.3) is 5.91 Å². The van der Waals surface area contributed by atoms with Gasteiger partial charge in [-0.1, -0.05) is 12.1 Å². The van der Waals surface area contributed by atoms with Crippen molar-refractivity contribution in [2.45, 2.75) is 20.0 Å². The van der Waals surface area contributed by atoms with Gasteiger partial charge in [0.2, 0.25) is 6.79 Å². The van der Waals surface area contributed by atoms with Crippen LogP contribution >= 0.6 is 0 Å². The lowest BCUT2D eigenvalue weighted by Crippen LogP contribution is -2.30. The third-order valence-corrected chi connectivity index (χ3v) is 3.55. The Balaban J connectivity index is 1.62. The zero-order chi connectivity index (χ0) is 17.1. The molecule has 2 aromatic rings. The maximum atomic E-state index is 12.2. The highest BCUT2D eigenvalue weighted by Gasteiger charge is 2.21. The summed E-state index contributed by atoms with van der Waals surface area (Å²) in [4.78, 5) is 24.3. The van der Waals surface area contributed by atoms with Gasteiger partial charge in [0, 0.05) is 5.69 Å². The molecule has 1 amide bonds. The topological polar surface area (TPSA) is 73.9 Å². The number of benzene rings is 2. The first-order chi connectivity index (χ1) is 11.5. The van der Waals surface area contributed by atoms with E-state index in [1.807, 2.05) is 25.1 Å². The second-order valence-corrected chi connectivity index (χ2v) is 5.47. The van der Waals surface area contributed by atoms with E-state index in [4.69, 9.17) is 14.2 Å². The molecule has 1 N–H and O–H groups in total. The fourth-order valence-corrected chi connectivity index (χ4v) is 2.27. The fourth-order valence-electron chi connectivity index (χ4n) is 2.27. The van der Waals surface area contributed by atoms with Crippen LogP contribution < -0.4 is 14.8 Å². The number of fused-ring (bicyclic) bond motifs is 1. The van der Waals surface area contributed by atoms with Crippen LogP contribution in [0.3, 0.4) is 0 Å². The molecule has 0 spiro atoms. The van der Waals surface area contributed by atoms with Crippen LogP contribution in [0.25, 0.3) is 0 Å². The van der Waals surface area contributed by atoms with Gasteiger partial charge in [-0.25, -0.2) is 4.79 Å². The number of carbonyl (C=O) groups is 2. The zero-order valence-corrected chi connectivity index (χ0v) is 13.4. The van der Waals surface area contributed by atoms with Crippen molar-refractivity contribution in [1.29, 1.82) is 0 Å². The smallest absolute Gasteiger partial charge is 0.339 e. The number of ether oxygens (including phenoxy) is 3. The average Bonchev–Trinajstić information content (AvgIpc) is 3.02. The quantitative estimate of drug-likeness (QED) is 0.874. The number of amides is 1. The molecule has 24 heavy (non-hydrogen) atoms. The van der Waals surface area contributed by atoms with E-state index in [1.54, 1.807) is 18.2 Å². The van der Waals surface area contributed by atoms with Crippen LogP contribution in [-0.2, 0) is 9.53 Å². The Kier molecular flexibility index (Phi) is 4.37. The number of hydrogen-bond donors (Lipinski definition) is 1.